The Hall–Kier alpha value is -2.27. The second-order valence-electron chi connectivity index (χ2n) is 3.77. The van der Waals surface area contributed by atoms with E-state index in [9.17, 15) is 9.59 Å². The molecule has 4 nitrogen and oxygen atoms in total. The van der Waals surface area contributed by atoms with Crippen LogP contribution >= 0.6 is 12.2 Å². The summed E-state index contributed by atoms with van der Waals surface area (Å²) < 4.78 is 6.71. The minimum Gasteiger partial charge on any atom is -0.465 e. The number of methoxy groups -OCH3 is 1. The fraction of sp³-hybridized carbons (Fsp3) is 0.0714. The fourth-order valence-corrected chi connectivity index (χ4v) is 2.03. The Bertz CT molecular complexity index is 691. The van der Waals surface area contributed by atoms with Crippen LogP contribution in [0.3, 0.4) is 0 Å². The molecule has 1 aromatic heterocycles. The molecule has 19 heavy (non-hydrogen) atoms. The van der Waals surface area contributed by atoms with Crippen LogP contribution in [0.1, 0.15) is 20.7 Å². The predicted octanol–water partition coefficient (Wildman–Crippen LogP) is 2.81. The van der Waals surface area contributed by atoms with Gasteiger partial charge in [-0.15, -0.1) is 0 Å². The summed E-state index contributed by atoms with van der Waals surface area (Å²) >= 11 is 5.24. The SMILES string of the molecule is COC(=O)c1ccccc1-n1cccc(C=O)c1=S. The quantitative estimate of drug-likeness (QED) is 0.490. The van der Waals surface area contributed by atoms with Gasteiger partial charge >= 0.3 is 5.97 Å². The minimum atomic E-state index is -0.450. The molecule has 0 saturated carbocycles. The van der Waals surface area contributed by atoms with Gasteiger partial charge in [-0.25, -0.2) is 4.79 Å². The van der Waals surface area contributed by atoms with Crippen molar-refractivity contribution in [3.8, 4) is 5.69 Å². The van der Waals surface area contributed by atoms with Gasteiger partial charge in [-0.05, 0) is 24.3 Å². The molecule has 0 spiro atoms. The molecular weight excluding hydrogens is 262 g/mol. The van der Waals surface area contributed by atoms with E-state index in [0.717, 1.165) is 0 Å². The molecule has 0 N–H and O–H groups in total. The molecule has 5 heteroatoms. The first kappa shape index (κ1) is 13.2. The fourth-order valence-electron chi connectivity index (χ4n) is 1.76. The molecule has 0 aliphatic rings. The lowest BCUT2D eigenvalue weighted by molar-refractivity contribution is 0.0600. The number of benzene rings is 1. The van der Waals surface area contributed by atoms with Gasteiger partial charge in [-0.3, -0.25) is 4.79 Å². The maximum absolute atomic E-state index is 11.7. The highest BCUT2D eigenvalue weighted by Gasteiger charge is 2.13. The standard InChI is InChI=1S/C14H11NO3S/c1-18-14(17)11-6-2-3-7-12(11)15-8-4-5-10(9-16)13(15)19/h2-9H,1H3. The smallest absolute Gasteiger partial charge is 0.339 e. The summed E-state index contributed by atoms with van der Waals surface area (Å²) in [5.41, 5.74) is 1.38. The molecule has 0 atom stereocenters. The van der Waals surface area contributed by atoms with Crippen LogP contribution in [0.25, 0.3) is 5.69 Å². The third kappa shape index (κ3) is 2.46. The van der Waals surface area contributed by atoms with Gasteiger partial charge in [0.2, 0.25) is 0 Å². The molecule has 0 saturated heterocycles. The predicted molar refractivity (Wildman–Crippen MR) is 73.3 cm³/mol. The maximum Gasteiger partial charge on any atom is 0.339 e. The lowest BCUT2D eigenvalue weighted by Gasteiger charge is -2.11. The van der Waals surface area contributed by atoms with Crippen molar-refractivity contribution in [1.29, 1.82) is 0 Å². The van der Waals surface area contributed by atoms with Crippen LogP contribution in [0.15, 0.2) is 42.6 Å². The molecule has 0 fully saturated rings. The zero-order valence-electron chi connectivity index (χ0n) is 10.2. The van der Waals surface area contributed by atoms with E-state index in [1.807, 2.05) is 0 Å². The van der Waals surface area contributed by atoms with Gasteiger partial charge < -0.3 is 9.30 Å². The van der Waals surface area contributed by atoms with Crippen molar-refractivity contribution >= 4 is 24.5 Å². The number of pyridine rings is 1. The Balaban J connectivity index is 2.70. The van der Waals surface area contributed by atoms with Gasteiger partial charge in [-0.1, -0.05) is 24.4 Å². The van der Waals surface area contributed by atoms with Gasteiger partial charge in [-0.2, -0.15) is 0 Å². The number of carbonyl (C=O) groups is 2. The third-order valence-electron chi connectivity index (χ3n) is 2.67. The molecule has 1 heterocycles. The summed E-state index contributed by atoms with van der Waals surface area (Å²) in [7, 11) is 1.32. The van der Waals surface area contributed by atoms with Crippen LogP contribution in [0, 0.1) is 4.64 Å². The van der Waals surface area contributed by atoms with Crippen LogP contribution in [-0.4, -0.2) is 23.9 Å². The molecule has 0 amide bonds. The normalized spacial score (nSPS) is 9.95. The zero-order valence-corrected chi connectivity index (χ0v) is 11.0. The molecule has 0 unspecified atom stereocenters. The Labute approximate surface area is 115 Å². The number of hydrogen-bond acceptors (Lipinski definition) is 4. The summed E-state index contributed by atoms with van der Waals surface area (Å²) in [5, 5.41) is 0. The van der Waals surface area contributed by atoms with E-state index in [2.05, 4.69) is 0 Å². The molecule has 0 aliphatic carbocycles. The second-order valence-corrected chi connectivity index (χ2v) is 4.15. The molecule has 2 aromatic rings. The first-order valence-electron chi connectivity index (χ1n) is 5.53. The average Bonchev–Trinajstić information content (AvgIpc) is 2.47. The van der Waals surface area contributed by atoms with Crippen LogP contribution in [0.4, 0.5) is 0 Å². The van der Waals surface area contributed by atoms with Gasteiger partial charge in [0.05, 0.1) is 18.4 Å². The van der Waals surface area contributed by atoms with Crippen LogP contribution in [0.5, 0.6) is 0 Å². The average molecular weight is 273 g/mol. The third-order valence-corrected chi connectivity index (χ3v) is 3.10. The number of carbonyl (C=O) groups excluding carboxylic acids is 2. The van der Waals surface area contributed by atoms with Crippen molar-refractivity contribution in [3.63, 3.8) is 0 Å². The van der Waals surface area contributed by atoms with E-state index in [4.69, 9.17) is 17.0 Å². The number of hydrogen-bond donors (Lipinski definition) is 0. The lowest BCUT2D eigenvalue weighted by atomic mass is 10.1. The van der Waals surface area contributed by atoms with Crippen LogP contribution < -0.4 is 0 Å². The number of para-hydroxylation sites is 1. The molecule has 2 rings (SSSR count). The summed E-state index contributed by atoms with van der Waals surface area (Å²) in [6.45, 7) is 0. The monoisotopic (exact) mass is 273 g/mol. The van der Waals surface area contributed by atoms with Crippen molar-refractivity contribution in [2.75, 3.05) is 7.11 Å². The topological polar surface area (TPSA) is 48.3 Å². The number of nitrogens with zero attached hydrogens (tertiary/aromatic N) is 1. The van der Waals surface area contributed by atoms with E-state index in [1.54, 1.807) is 47.2 Å². The zero-order chi connectivity index (χ0) is 13.8. The largest absolute Gasteiger partial charge is 0.465 e. The Morgan fingerprint density at radius 3 is 2.68 bits per heavy atom. The van der Waals surface area contributed by atoms with Crippen molar-refractivity contribution in [1.82, 2.24) is 4.57 Å². The molecule has 96 valence electrons. The van der Waals surface area contributed by atoms with Gasteiger partial charge in [0.25, 0.3) is 0 Å². The number of aldehydes is 1. The highest BCUT2D eigenvalue weighted by atomic mass is 32.1. The van der Waals surface area contributed by atoms with Crippen molar-refractivity contribution < 1.29 is 14.3 Å². The number of rotatable bonds is 3. The van der Waals surface area contributed by atoms with E-state index < -0.39 is 5.97 Å². The first-order valence-corrected chi connectivity index (χ1v) is 5.94. The van der Waals surface area contributed by atoms with Crippen LogP contribution in [-0.2, 0) is 4.74 Å². The second kappa shape index (κ2) is 5.58. The number of aromatic nitrogens is 1. The van der Waals surface area contributed by atoms with E-state index in [0.29, 0.717) is 27.7 Å². The summed E-state index contributed by atoms with van der Waals surface area (Å²) in [6.07, 6.45) is 2.40. The van der Waals surface area contributed by atoms with E-state index in [1.165, 1.54) is 7.11 Å². The molecule has 0 bridgehead atoms. The van der Waals surface area contributed by atoms with Crippen molar-refractivity contribution in [2.24, 2.45) is 0 Å². The summed E-state index contributed by atoms with van der Waals surface area (Å²) in [5.74, 6) is -0.450. The molecule has 1 aromatic carbocycles. The minimum absolute atomic E-state index is 0.355. The van der Waals surface area contributed by atoms with Gasteiger partial charge in [0, 0.05) is 11.8 Å². The Morgan fingerprint density at radius 2 is 2.00 bits per heavy atom. The van der Waals surface area contributed by atoms with Gasteiger partial charge in [0.15, 0.2) is 6.29 Å². The summed E-state index contributed by atoms with van der Waals surface area (Å²) in [6, 6.07) is 10.3. The van der Waals surface area contributed by atoms with Crippen molar-refractivity contribution in [3.05, 3.63) is 58.4 Å². The molecule has 0 aliphatic heterocycles. The number of ether oxygens (including phenoxy) is 1. The molecule has 0 radical (unpaired) electrons. The maximum atomic E-state index is 11.7. The van der Waals surface area contributed by atoms with Crippen molar-refractivity contribution in [2.45, 2.75) is 0 Å². The Kier molecular flexibility index (Phi) is 3.87. The highest BCUT2D eigenvalue weighted by molar-refractivity contribution is 7.71. The highest BCUT2D eigenvalue weighted by Crippen LogP contribution is 2.17. The summed E-state index contributed by atoms with van der Waals surface area (Å²) in [4.78, 5) is 22.6. The van der Waals surface area contributed by atoms with Gasteiger partial charge in [0.1, 0.15) is 4.64 Å². The molecular formula is C14H11NO3S. The Morgan fingerprint density at radius 1 is 1.26 bits per heavy atom. The van der Waals surface area contributed by atoms with E-state index >= 15 is 0 Å². The lowest BCUT2D eigenvalue weighted by Crippen LogP contribution is -2.09. The van der Waals surface area contributed by atoms with E-state index in [-0.39, 0.29) is 0 Å². The first-order chi connectivity index (χ1) is 9.19. The van der Waals surface area contributed by atoms with Crippen LogP contribution in [0.2, 0.25) is 0 Å². The number of esters is 1.